The van der Waals surface area contributed by atoms with Gasteiger partial charge in [-0.05, 0) is 59.9 Å². The number of aromatic hydroxyl groups is 1. The van der Waals surface area contributed by atoms with E-state index in [-0.39, 0.29) is 21.9 Å². The summed E-state index contributed by atoms with van der Waals surface area (Å²) in [5, 5.41) is 13.0. The zero-order valence-corrected chi connectivity index (χ0v) is 11.5. The molecule has 2 N–H and O–H groups in total. The first-order chi connectivity index (χ1) is 8.87. The zero-order chi connectivity index (χ0) is 14.0. The van der Waals surface area contributed by atoms with Crippen LogP contribution in [-0.4, -0.2) is 24.6 Å². The average molecular weight is 340 g/mol. The smallest absolute Gasteiger partial charge is 0.508 e. The maximum atomic E-state index is 12.3. The average Bonchev–Trinajstić information content (AvgIpc) is 2.32. The Morgan fingerprint density at radius 3 is 2.47 bits per heavy atom. The third kappa shape index (κ3) is 3.76. The Morgan fingerprint density at radius 2 is 1.89 bits per heavy atom. The Morgan fingerprint density at radius 1 is 1.26 bits per heavy atom. The minimum Gasteiger partial charge on any atom is -0.508 e. The van der Waals surface area contributed by atoms with Gasteiger partial charge in [-0.15, -0.1) is 13.2 Å². The van der Waals surface area contributed by atoms with Gasteiger partial charge in [0.25, 0.3) is 0 Å². The van der Waals surface area contributed by atoms with Crippen LogP contribution in [0.1, 0.15) is 24.3 Å². The molecular formula is C12H13BrF3NO2. The number of phenolic OH excluding ortho intramolecular Hbond substituents is 1. The van der Waals surface area contributed by atoms with Gasteiger partial charge in [-0.25, -0.2) is 0 Å². The van der Waals surface area contributed by atoms with Crippen LogP contribution < -0.4 is 10.1 Å². The molecule has 1 fully saturated rings. The highest BCUT2D eigenvalue weighted by atomic mass is 79.9. The highest BCUT2D eigenvalue weighted by Gasteiger charge is 2.33. The quantitative estimate of drug-likeness (QED) is 0.866. The van der Waals surface area contributed by atoms with E-state index in [9.17, 15) is 18.3 Å². The fourth-order valence-corrected chi connectivity index (χ4v) is 2.63. The predicted octanol–water partition coefficient (Wildman–Crippen LogP) is 3.52. The Labute approximate surface area is 116 Å². The van der Waals surface area contributed by atoms with Gasteiger partial charge in [-0.3, -0.25) is 0 Å². The lowest BCUT2D eigenvalue weighted by Gasteiger charge is -2.24. The molecule has 0 saturated carbocycles. The number of alkyl halides is 3. The summed E-state index contributed by atoms with van der Waals surface area (Å²) < 4.78 is 40.9. The molecule has 3 nitrogen and oxygen atoms in total. The van der Waals surface area contributed by atoms with Gasteiger partial charge >= 0.3 is 6.36 Å². The lowest BCUT2D eigenvalue weighted by Crippen LogP contribution is -2.26. The normalized spacial score (nSPS) is 17.5. The second-order valence-electron chi connectivity index (χ2n) is 4.41. The largest absolute Gasteiger partial charge is 0.573 e. The van der Waals surface area contributed by atoms with E-state index in [1.165, 1.54) is 12.1 Å². The molecule has 0 unspecified atom stereocenters. The number of rotatable bonds is 2. The van der Waals surface area contributed by atoms with E-state index in [0.29, 0.717) is 5.56 Å². The third-order valence-corrected chi connectivity index (χ3v) is 3.71. The first-order valence-electron chi connectivity index (χ1n) is 5.85. The van der Waals surface area contributed by atoms with Crippen molar-refractivity contribution in [3.63, 3.8) is 0 Å². The molecule has 0 amide bonds. The predicted molar refractivity (Wildman–Crippen MR) is 67.3 cm³/mol. The van der Waals surface area contributed by atoms with Crippen LogP contribution in [0.5, 0.6) is 11.5 Å². The summed E-state index contributed by atoms with van der Waals surface area (Å²) >= 11 is 2.96. The van der Waals surface area contributed by atoms with Crippen LogP contribution in [0, 0.1) is 0 Å². The molecule has 7 heteroatoms. The standard InChI is InChI=1S/C12H13BrF3NO2/c13-9-6-10(18)8(7-1-3-17-4-2-7)5-11(9)19-12(14,15)16/h5-7,17-18H,1-4H2. The van der Waals surface area contributed by atoms with Crippen molar-refractivity contribution in [2.45, 2.75) is 25.1 Å². The minimum absolute atomic E-state index is 0.00620. The lowest BCUT2D eigenvalue weighted by atomic mass is 9.89. The minimum atomic E-state index is -4.75. The Balaban J connectivity index is 2.30. The molecule has 2 rings (SSSR count). The van der Waals surface area contributed by atoms with Crippen molar-refractivity contribution in [1.82, 2.24) is 5.32 Å². The summed E-state index contributed by atoms with van der Waals surface area (Å²) in [6, 6.07) is 2.52. The van der Waals surface area contributed by atoms with Crippen LogP contribution in [0.15, 0.2) is 16.6 Å². The molecule has 0 bridgehead atoms. The summed E-state index contributed by atoms with van der Waals surface area (Å²) in [6.45, 7) is 1.57. The number of nitrogens with one attached hydrogen (secondary N) is 1. The van der Waals surface area contributed by atoms with Crippen molar-refractivity contribution < 1.29 is 23.0 Å². The number of hydrogen-bond donors (Lipinski definition) is 2. The second kappa shape index (κ2) is 5.58. The first kappa shape index (κ1) is 14.5. The molecule has 0 aliphatic carbocycles. The van der Waals surface area contributed by atoms with E-state index < -0.39 is 6.36 Å². The zero-order valence-electron chi connectivity index (χ0n) is 9.93. The summed E-state index contributed by atoms with van der Waals surface area (Å²) in [4.78, 5) is 0. The molecule has 0 aromatic heterocycles. The van der Waals surface area contributed by atoms with Crippen LogP contribution in [0.2, 0.25) is 0 Å². The maximum Gasteiger partial charge on any atom is 0.573 e. The van der Waals surface area contributed by atoms with Gasteiger partial charge in [-0.1, -0.05) is 0 Å². The van der Waals surface area contributed by atoms with Crippen molar-refractivity contribution >= 4 is 15.9 Å². The van der Waals surface area contributed by atoms with Gasteiger partial charge in [0.05, 0.1) is 4.47 Å². The molecule has 1 aliphatic heterocycles. The van der Waals surface area contributed by atoms with Crippen LogP contribution in [0.3, 0.4) is 0 Å². The van der Waals surface area contributed by atoms with Crippen LogP contribution in [0.25, 0.3) is 0 Å². The van der Waals surface area contributed by atoms with Gasteiger partial charge in [0.2, 0.25) is 0 Å². The fourth-order valence-electron chi connectivity index (χ4n) is 2.22. The van der Waals surface area contributed by atoms with Crippen LogP contribution in [-0.2, 0) is 0 Å². The highest BCUT2D eigenvalue weighted by Crippen LogP contribution is 2.40. The maximum absolute atomic E-state index is 12.3. The number of phenols is 1. The lowest BCUT2D eigenvalue weighted by molar-refractivity contribution is -0.274. The summed E-state index contributed by atoms with van der Waals surface area (Å²) in [6.07, 6.45) is -3.19. The molecule has 0 radical (unpaired) electrons. The molecule has 1 heterocycles. The van der Waals surface area contributed by atoms with Crippen molar-refractivity contribution in [2.75, 3.05) is 13.1 Å². The van der Waals surface area contributed by atoms with E-state index in [4.69, 9.17) is 0 Å². The van der Waals surface area contributed by atoms with Crippen molar-refractivity contribution in [3.8, 4) is 11.5 Å². The molecule has 106 valence electrons. The molecule has 1 aliphatic rings. The summed E-state index contributed by atoms with van der Waals surface area (Å²) in [5.74, 6) is -0.280. The Bertz CT molecular complexity index is 459. The first-order valence-corrected chi connectivity index (χ1v) is 6.65. The van der Waals surface area contributed by atoms with E-state index in [1.807, 2.05) is 0 Å². The van der Waals surface area contributed by atoms with Crippen LogP contribution >= 0.6 is 15.9 Å². The Hall–Kier alpha value is -0.950. The SMILES string of the molecule is Oc1cc(Br)c(OC(F)(F)F)cc1C1CCNCC1. The summed E-state index contributed by atoms with van der Waals surface area (Å²) in [7, 11) is 0. The number of ether oxygens (including phenoxy) is 1. The fraction of sp³-hybridized carbons (Fsp3) is 0.500. The summed E-state index contributed by atoms with van der Waals surface area (Å²) in [5.41, 5.74) is 0.504. The van der Waals surface area contributed by atoms with Gasteiger partial charge in [0.1, 0.15) is 11.5 Å². The Kier molecular flexibility index (Phi) is 4.25. The van der Waals surface area contributed by atoms with Crippen molar-refractivity contribution in [2.24, 2.45) is 0 Å². The van der Waals surface area contributed by atoms with E-state index in [2.05, 4.69) is 26.0 Å². The third-order valence-electron chi connectivity index (χ3n) is 3.09. The molecule has 0 atom stereocenters. The monoisotopic (exact) mass is 339 g/mol. The number of halogens is 4. The molecule has 1 aromatic rings. The molecule has 1 aromatic carbocycles. The molecule has 19 heavy (non-hydrogen) atoms. The molecular weight excluding hydrogens is 327 g/mol. The second-order valence-corrected chi connectivity index (χ2v) is 5.27. The van der Waals surface area contributed by atoms with Gasteiger partial charge in [0.15, 0.2) is 0 Å². The van der Waals surface area contributed by atoms with Gasteiger partial charge < -0.3 is 15.2 Å². The number of benzene rings is 1. The van der Waals surface area contributed by atoms with Gasteiger partial charge in [0, 0.05) is 5.56 Å². The number of piperidine rings is 1. The molecule has 0 spiro atoms. The number of hydrogen-bond acceptors (Lipinski definition) is 3. The van der Waals surface area contributed by atoms with E-state index in [1.54, 1.807) is 0 Å². The van der Waals surface area contributed by atoms with Crippen LogP contribution in [0.4, 0.5) is 13.2 Å². The van der Waals surface area contributed by atoms with Crippen molar-refractivity contribution in [3.05, 3.63) is 22.2 Å². The molecule has 1 saturated heterocycles. The van der Waals surface area contributed by atoms with Crippen molar-refractivity contribution in [1.29, 1.82) is 0 Å². The van der Waals surface area contributed by atoms with Gasteiger partial charge in [-0.2, -0.15) is 0 Å². The highest BCUT2D eigenvalue weighted by molar-refractivity contribution is 9.10. The van der Waals surface area contributed by atoms with E-state index >= 15 is 0 Å². The van der Waals surface area contributed by atoms with E-state index in [0.717, 1.165) is 25.9 Å². The topological polar surface area (TPSA) is 41.5 Å².